The van der Waals surface area contributed by atoms with Gasteiger partial charge in [0.2, 0.25) is 0 Å². The molecule has 2 amide bonds. The van der Waals surface area contributed by atoms with Crippen LogP contribution in [0.25, 0.3) is 0 Å². The summed E-state index contributed by atoms with van der Waals surface area (Å²) >= 11 is 0. The normalized spacial score (nSPS) is 10.9. The number of amides is 2. The van der Waals surface area contributed by atoms with Crippen LogP contribution < -0.4 is 10.6 Å². The fourth-order valence-corrected chi connectivity index (χ4v) is 2.42. The van der Waals surface area contributed by atoms with Gasteiger partial charge in [0.15, 0.2) is 0 Å². The molecule has 2 N–H and O–H groups in total. The minimum Gasteiger partial charge on any atom is -0.348 e. The lowest BCUT2D eigenvalue weighted by Gasteiger charge is -2.17. The average Bonchev–Trinajstić information content (AvgIpc) is 2.55. The van der Waals surface area contributed by atoms with E-state index in [0.717, 1.165) is 31.6 Å². The van der Waals surface area contributed by atoms with Crippen LogP contribution >= 0.6 is 0 Å². The Hall–Kier alpha value is -1.88. The molecule has 1 rings (SSSR count). The van der Waals surface area contributed by atoms with Crippen molar-refractivity contribution in [1.82, 2.24) is 10.2 Å². The molecule has 0 saturated heterocycles. The Balaban J connectivity index is 2.45. The summed E-state index contributed by atoms with van der Waals surface area (Å²) in [5, 5.41) is 5.38. The number of para-hydroxylation sites is 1. The molecule has 0 aliphatic rings. The van der Waals surface area contributed by atoms with Gasteiger partial charge < -0.3 is 15.5 Å². The van der Waals surface area contributed by atoms with Crippen LogP contribution in [0.5, 0.6) is 0 Å². The highest BCUT2D eigenvalue weighted by Crippen LogP contribution is 2.23. The molecule has 0 aromatic heterocycles. The molecule has 1 aromatic carbocycles. The maximum atomic E-state index is 12.0. The van der Waals surface area contributed by atoms with Gasteiger partial charge in [0.25, 0.3) is 0 Å². The van der Waals surface area contributed by atoms with E-state index in [1.165, 1.54) is 0 Å². The summed E-state index contributed by atoms with van der Waals surface area (Å²) in [6.07, 6.45) is 0.837. The molecule has 0 unspecified atom stereocenters. The van der Waals surface area contributed by atoms with Crippen LogP contribution in [-0.2, 0) is 9.59 Å². The van der Waals surface area contributed by atoms with Crippen molar-refractivity contribution in [3.8, 4) is 0 Å². The molecule has 23 heavy (non-hydrogen) atoms. The number of nitrogens with one attached hydrogen (secondary N) is 2. The van der Waals surface area contributed by atoms with Crippen molar-refractivity contribution < 1.29 is 9.59 Å². The van der Waals surface area contributed by atoms with Crippen molar-refractivity contribution in [2.75, 3.05) is 31.5 Å². The zero-order chi connectivity index (χ0) is 17.2. The van der Waals surface area contributed by atoms with E-state index in [4.69, 9.17) is 0 Å². The highest BCUT2D eigenvalue weighted by atomic mass is 16.2. The summed E-state index contributed by atoms with van der Waals surface area (Å²) in [6.45, 7) is 11.8. The molecule has 0 radical (unpaired) electrons. The summed E-state index contributed by atoms with van der Waals surface area (Å²) in [5.74, 6) is -0.910. The number of hydrogen-bond donors (Lipinski definition) is 2. The highest BCUT2D eigenvalue weighted by Gasteiger charge is 2.15. The van der Waals surface area contributed by atoms with Gasteiger partial charge in [0, 0.05) is 12.2 Å². The summed E-state index contributed by atoms with van der Waals surface area (Å²) < 4.78 is 0. The van der Waals surface area contributed by atoms with Crippen LogP contribution in [-0.4, -0.2) is 42.9 Å². The van der Waals surface area contributed by atoms with Gasteiger partial charge in [-0.1, -0.05) is 45.9 Å². The van der Waals surface area contributed by atoms with Crippen LogP contribution in [0.3, 0.4) is 0 Å². The average molecular weight is 319 g/mol. The molecule has 0 saturated carbocycles. The summed E-state index contributed by atoms with van der Waals surface area (Å²) in [7, 11) is 0. The lowest BCUT2D eigenvalue weighted by molar-refractivity contribution is -0.136. The first-order chi connectivity index (χ1) is 11.0. The third-order valence-electron chi connectivity index (χ3n) is 3.87. The second-order valence-electron chi connectivity index (χ2n) is 5.83. The van der Waals surface area contributed by atoms with Crippen LogP contribution in [0.1, 0.15) is 45.6 Å². The molecule has 0 heterocycles. The van der Waals surface area contributed by atoms with Crippen LogP contribution in [0.15, 0.2) is 24.3 Å². The Morgan fingerprint density at radius 3 is 2.35 bits per heavy atom. The minimum atomic E-state index is -0.610. The molecule has 128 valence electrons. The molecule has 0 aliphatic carbocycles. The van der Waals surface area contributed by atoms with Crippen molar-refractivity contribution in [3.63, 3.8) is 0 Å². The quantitative estimate of drug-likeness (QED) is 0.572. The largest absolute Gasteiger partial charge is 0.348 e. The molecular weight excluding hydrogens is 290 g/mol. The van der Waals surface area contributed by atoms with Gasteiger partial charge in [-0.3, -0.25) is 9.59 Å². The number of nitrogens with zero attached hydrogens (tertiary/aromatic N) is 1. The molecule has 0 atom stereocenters. The fourth-order valence-electron chi connectivity index (χ4n) is 2.42. The minimum absolute atomic E-state index is 0.281. The van der Waals surface area contributed by atoms with Crippen molar-refractivity contribution in [2.45, 2.75) is 40.0 Å². The van der Waals surface area contributed by atoms with Crippen molar-refractivity contribution in [3.05, 3.63) is 29.8 Å². The van der Waals surface area contributed by atoms with Gasteiger partial charge >= 0.3 is 11.8 Å². The number of carbonyl (C=O) groups excluding carboxylic acids is 2. The number of benzene rings is 1. The fraction of sp³-hybridized carbons (Fsp3) is 0.556. The van der Waals surface area contributed by atoms with Gasteiger partial charge in [-0.25, -0.2) is 0 Å². The lowest BCUT2D eigenvalue weighted by atomic mass is 10.0. The molecule has 0 bridgehead atoms. The second-order valence-corrected chi connectivity index (χ2v) is 5.83. The van der Waals surface area contributed by atoms with E-state index in [0.29, 0.717) is 12.2 Å². The van der Waals surface area contributed by atoms with Crippen molar-refractivity contribution in [1.29, 1.82) is 0 Å². The maximum absolute atomic E-state index is 12.0. The van der Waals surface area contributed by atoms with E-state index in [1.54, 1.807) is 0 Å². The zero-order valence-corrected chi connectivity index (χ0v) is 14.7. The van der Waals surface area contributed by atoms with Crippen molar-refractivity contribution >= 4 is 17.5 Å². The van der Waals surface area contributed by atoms with E-state index in [9.17, 15) is 9.59 Å². The first kappa shape index (κ1) is 19.2. The van der Waals surface area contributed by atoms with E-state index in [-0.39, 0.29) is 5.92 Å². The summed E-state index contributed by atoms with van der Waals surface area (Å²) in [4.78, 5) is 26.2. The third kappa shape index (κ3) is 6.40. The Morgan fingerprint density at radius 1 is 1.09 bits per heavy atom. The SMILES string of the molecule is CCN(CC)CCCNC(=O)C(=O)Nc1ccccc1C(C)C. The van der Waals surface area contributed by atoms with Gasteiger partial charge in [-0.2, -0.15) is 0 Å². The maximum Gasteiger partial charge on any atom is 0.313 e. The second kappa shape index (κ2) is 10.0. The Kier molecular flexibility index (Phi) is 8.33. The predicted octanol–water partition coefficient (Wildman–Crippen LogP) is 2.60. The Morgan fingerprint density at radius 2 is 1.74 bits per heavy atom. The van der Waals surface area contributed by atoms with Gasteiger partial charge in [-0.15, -0.1) is 0 Å². The smallest absolute Gasteiger partial charge is 0.313 e. The Labute approximate surface area is 139 Å². The molecule has 1 aromatic rings. The monoisotopic (exact) mass is 319 g/mol. The molecule has 0 fully saturated rings. The lowest BCUT2D eigenvalue weighted by Crippen LogP contribution is -2.37. The van der Waals surface area contributed by atoms with Gasteiger partial charge in [0.05, 0.1) is 0 Å². The summed E-state index contributed by atoms with van der Waals surface area (Å²) in [5.41, 5.74) is 1.72. The first-order valence-electron chi connectivity index (χ1n) is 8.40. The topological polar surface area (TPSA) is 61.4 Å². The molecular formula is C18H29N3O2. The number of hydrogen-bond acceptors (Lipinski definition) is 3. The van der Waals surface area contributed by atoms with E-state index < -0.39 is 11.8 Å². The van der Waals surface area contributed by atoms with Crippen LogP contribution in [0.4, 0.5) is 5.69 Å². The van der Waals surface area contributed by atoms with Crippen LogP contribution in [0, 0.1) is 0 Å². The first-order valence-corrected chi connectivity index (χ1v) is 8.40. The van der Waals surface area contributed by atoms with Crippen LogP contribution in [0.2, 0.25) is 0 Å². The molecule has 5 nitrogen and oxygen atoms in total. The van der Waals surface area contributed by atoms with Crippen molar-refractivity contribution in [2.24, 2.45) is 0 Å². The Bertz CT molecular complexity index is 511. The number of anilines is 1. The molecule has 0 spiro atoms. The number of carbonyl (C=O) groups is 2. The van der Waals surface area contributed by atoms with E-state index >= 15 is 0 Å². The van der Waals surface area contributed by atoms with Gasteiger partial charge in [0.1, 0.15) is 0 Å². The summed E-state index contributed by atoms with van der Waals surface area (Å²) in [6, 6.07) is 7.56. The predicted molar refractivity (Wildman–Crippen MR) is 94.6 cm³/mol. The number of rotatable bonds is 8. The standard InChI is InChI=1S/C18H29N3O2/c1-5-21(6-2)13-9-12-19-17(22)18(23)20-16-11-8-7-10-15(16)14(3)4/h7-8,10-11,14H,5-6,9,12-13H2,1-4H3,(H,19,22)(H,20,23). The zero-order valence-electron chi connectivity index (χ0n) is 14.7. The molecule has 5 heteroatoms. The highest BCUT2D eigenvalue weighted by molar-refractivity contribution is 6.39. The van der Waals surface area contributed by atoms with E-state index in [2.05, 4.69) is 43.2 Å². The molecule has 0 aliphatic heterocycles. The van der Waals surface area contributed by atoms with E-state index in [1.807, 2.05) is 24.3 Å². The third-order valence-corrected chi connectivity index (χ3v) is 3.87. The van der Waals surface area contributed by atoms with Gasteiger partial charge in [-0.05, 0) is 43.6 Å².